The third kappa shape index (κ3) is 4.53. The number of rotatable bonds is 6. The molecule has 4 heteroatoms. The molecule has 0 atom stereocenters. The Morgan fingerprint density at radius 3 is 2.59 bits per heavy atom. The molecule has 1 heterocycles. The molecular weight excluding hydrogens is 214 g/mol. The maximum atomic E-state index is 11.3. The fourth-order valence-electron chi connectivity index (χ4n) is 1.58. The molecule has 0 saturated heterocycles. The Hall–Kier alpha value is -1.42. The molecule has 1 aromatic heterocycles. The van der Waals surface area contributed by atoms with E-state index in [-0.39, 0.29) is 5.78 Å². The summed E-state index contributed by atoms with van der Waals surface area (Å²) in [4.78, 5) is 19.8. The van der Waals surface area contributed by atoms with Crippen LogP contribution in [-0.4, -0.2) is 49.9 Å². The fourth-order valence-corrected chi connectivity index (χ4v) is 1.58. The normalized spacial score (nSPS) is 10.6. The zero-order valence-electron chi connectivity index (χ0n) is 11.1. The molecule has 0 unspecified atom stereocenters. The largest absolute Gasteiger partial charge is 0.360 e. The maximum absolute atomic E-state index is 11.3. The number of carbonyl (C=O) groups excluding carboxylic acids is 1. The van der Waals surface area contributed by atoms with Crippen LogP contribution in [0.2, 0.25) is 0 Å². The SMILES string of the molecule is CC(=O)c1ccnc(N(C)CCCN(C)C)c1. The van der Waals surface area contributed by atoms with Gasteiger partial charge >= 0.3 is 0 Å². The van der Waals surface area contributed by atoms with Crippen LogP contribution in [0.1, 0.15) is 23.7 Å². The van der Waals surface area contributed by atoms with Crippen molar-refractivity contribution >= 4 is 11.6 Å². The second kappa shape index (κ2) is 6.35. The predicted octanol–water partition coefficient (Wildman–Crippen LogP) is 1.67. The van der Waals surface area contributed by atoms with Crippen molar-refractivity contribution < 1.29 is 4.79 Å². The minimum Gasteiger partial charge on any atom is -0.360 e. The molecule has 0 aromatic carbocycles. The van der Waals surface area contributed by atoms with Gasteiger partial charge in [0.05, 0.1) is 0 Å². The third-order valence-electron chi connectivity index (χ3n) is 2.64. The van der Waals surface area contributed by atoms with E-state index < -0.39 is 0 Å². The smallest absolute Gasteiger partial charge is 0.159 e. The van der Waals surface area contributed by atoms with Gasteiger partial charge in [0.15, 0.2) is 5.78 Å². The summed E-state index contributed by atoms with van der Waals surface area (Å²) in [5, 5.41) is 0. The van der Waals surface area contributed by atoms with Crippen molar-refractivity contribution in [3.8, 4) is 0 Å². The average Bonchev–Trinajstić information content (AvgIpc) is 2.28. The number of hydrogen-bond donors (Lipinski definition) is 0. The highest BCUT2D eigenvalue weighted by Gasteiger charge is 2.05. The highest BCUT2D eigenvalue weighted by atomic mass is 16.1. The van der Waals surface area contributed by atoms with Crippen molar-refractivity contribution in [1.29, 1.82) is 0 Å². The lowest BCUT2D eigenvalue weighted by Crippen LogP contribution is -2.24. The van der Waals surface area contributed by atoms with Gasteiger partial charge in [-0.2, -0.15) is 0 Å². The van der Waals surface area contributed by atoms with Crippen molar-refractivity contribution in [2.24, 2.45) is 0 Å². The Morgan fingerprint density at radius 2 is 2.00 bits per heavy atom. The van der Waals surface area contributed by atoms with Gasteiger partial charge in [-0.05, 0) is 46.1 Å². The molecule has 0 bridgehead atoms. The number of hydrogen-bond acceptors (Lipinski definition) is 4. The van der Waals surface area contributed by atoms with Gasteiger partial charge in [-0.15, -0.1) is 0 Å². The summed E-state index contributed by atoms with van der Waals surface area (Å²) in [5.41, 5.74) is 0.717. The lowest BCUT2D eigenvalue weighted by atomic mass is 10.2. The summed E-state index contributed by atoms with van der Waals surface area (Å²) in [6.07, 6.45) is 2.77. The predicted molar refractivity (Wildman–Crippen MR) is 70.7 cm³/mol. The standard InChI is InChI=1S/C13H21N3O/c1-11(17)12-6-7-14-13(10-12)16(4)9-5-8-15(2)3/h6-7,10H,5,8-9H2,1-4H3. The first-order valence-corrected chi connectivity index (χ1v) is 5.83. The van der Waals surface area contributed by atoms with Crippen molar-refractivity contribution in [3.05, 3.63) is 23.9 Å². The van der Waals surface area contributed by atoms with Crippen molar-refractivity contribution in [3.63, 3.8) is 0 Å². The Kier molecular flexibility index (Phi) is 5.10. The number of ketones is 1. The molecule has 1 aromatic rings. The highest BCUT2D eigenvalue weighted by molar-refractivity contribution is 5.94. The number of anilines is 1. The van der Waals surface area contributed by atoms with Crippen molar-refractivity contribution in [1.82, 2.24) is 9.88 Å². The quantitative estimate of drug-likeness (QED) is 0.703. The summed E-state index contributed by atoms with van der Waals surface area (Å²) in [6, 6.07) is 3.59. The molecule has 0 amide bonds. The maximum Gasteiger partial charge on any atom is 0.159 e. The van der Waals surface area contributed by atoms with Gasteiger partial charge in [0.1, 0.15) is 5.82 Å². The minimum atomic E-state index is 0.0790. The van der Waals surface area contributed by atoms with Crippen LogP contribution in [0, 0.1) is 0 Å². The Bertz CT molecular complexity index is 377. The minimum absolute atomic E-state index is 0.0790. The van der Waals surface area contributed by atoms with Gasteiger partial charge < -0.3 is 9.80 Å². The van der Waals surface area contributed by atoms with Crippen LogP contribution < -0.4 is 4.90 Å². The Morgan fingerprint density at radius 1 is 1.29 bits per heavy atom. The first-order valence-electron chi connectivity index (χ1n) is 5.83. The first-order chi connectivity index (χ1) is 8.00. The van der Waals surface area contributed by atoms with Crippen LogP contribution in [0.15, 0.2) is 18.3 Å². The first kappa shape index (κ1) is 13.6. The van der Waals surface area contributed by atoms with Gasteiger partial charge in [-0.1, -0.05) is 0 Å². The molecule has 1 rings (SSSR count). The van der Waals surface area contributed by atoms with Gasteiger partial charge in [-0.25, -0.2) is 4.98 Å². The number of carbonyl (C=O) groups is 1. The molecule has 0 aliphatic heterocycles. The van der Waals surface area contributed by atoms with Crippen molar-refractivity contribution in [2.75, 3.05) is 39.1 Å². The molecule has 0 aliphatic carbocycles. The Balaban J connectivity index is 2.59. The molecule has 0 radical (unpaired) electrons. The van der Waals surface area contributed by atoms with E-state index in [0.29, 0.717) is 0 Å². The van der Waals surface area contributed by atoms with E-state index in [0.717, 1.165) is 30.9 Å². The van der Waals surface area contributed by atoms with Crippen LogP contribution in [-0.2, 0) is 0 Å². The van der Waals surface area contributed by atoms with E-state index in [1.807, 2.05) is 13.1 Å². The highest BCUT2D eigenvalue weighted by Crippen LogP contribution is 2.11. The lowest BCUT2D eigenvalue weighted by molar-refractivity contribution is 0.101. The van der Waals surface area contributed by atoms with Gasteiger partial charge in [0.2, 0.25) is 0 Å². The van der Waals surface area contributed by atoms with Gasteiger partial charge in [0, 0.05) is 25.4 Å². The number of pyridine rings is 1. The van der Waals surface area contributed by atoms with Crippen molar-refractivity contribution in [2.45, 2.75) is 13.3 Å². The van der Waals surface area contributed by atoms with Crippen LogP contribution in [0.25, 0.3) is 0 Å². The molecule has 0 aliphatic rings. The summed E-state index contributed by atoms with van der Waals surface area (Å²) in [6.45, 7) is 3.56. The van der Waals surface area contributed by atoms with Crippen LogP contribution in [0.4, 0.5) is 5.82 Å². The van der Waals surface area contributed by atoms with E-state index in [1.165, 1.54) is 0 Å². The van der Waals surface area contributed by atoms with E-state index >= 15 is 0 Å². The van der Waals surface area contributed by atoms with Crippen LogP contribution >= 0.6 is 0 Å². The molecule has 0 spiro atoms. The molecular formula is C13H21N3O. The lowest BCUT2D eigenvalue weighted by Gasteiger charge is -2.19. The molecule has 94 valence electrons. The second-order valence-electron chi connectivity index (χ2n) is 4.54. The number of aromatic nitrogens is 1. The molecule has 0 fully saturated rings. The number of nitrogens with zero attached hydrogens (tertiary/aromatic N) is 3. The monoisotopic (exact) mass is 235 g/mol. The Labute approximate surface area is 103 Å². The van der Waals surface area contributed by atoms with E-state index in [4.69, 9.17) is 0 Å². The molecule has 0 saturated carbocycles. The van der Waals surface area contributed by atoms with Crippen LogP contribution in [0.5, 0.6) is 0 Å². The summed E-state index contributed by atoms with van der Waals surface area (Å²) >= 11 is 0. The molecule has 0 N–H and O–H groups in total. The topological polar surface area (TPSA) is 36.4 Å². The fraction of sp³-hybridized carbons (Fsp3) is 0.538. The van der Waals surface area contributed by atoms with E-state index in [2.05, 4.69) is 28.9 Å². The second-order valence-corrected chi connectivity index (χ2v) is 4.54. The van der Waals surface area contributed by atoms with E-state index in [1.54, 1.807) is 19.2 Å². The zero-order valence-corrected chi connectivity index (χ0v) is 11.1. The zero-order chi connectivity index (χ0) is 12.8. The van der Waals surface area contributed by atoms with E-state index in [9.17, 15) is 4.79 Å². The number of Topliss-reactive ketones (excluding diaryl/α,β-unsaturated/α-hetero) is 1. The third-order valence-corrected chi connectivity index (χ3v) is 2.64. The summed E-state index contributed by atoms with van der Waals surface area (Å²) < 4.78 is 0. The summed E-state index contributed by atoms with van der Waals surface area (Å²) in [7, 11) is 6.13. The molecule has 4 nitrogen and oxygen atoms in total. The average molecular weight is 235 g/mol. The summed E-state index contributed by atoms with van der Waals surface area (Å²) in [5.74, 6) is 0.937. The van der Waals surface area contributed by atoms with Gasteiger partial charge in [-0.3, -0.25) is 4.79 Å². The van der Waals surface area contributed by atoms with Gasteiger partial charge in [0.25, 0.3) is 0 Å². The van der Waals surface area contributed by atoms with Crippen LogP contribution in [0.3, 0.4) is 0 Å². The molecule has 17 heavy (non-hydrogen) atoms.